The number of benzene rings is 2. The maximum Gasteiger partial charge on any atom is 0.163 e. The summed E-state index contributed by atoms with van der Waals surface area (Å²) in [5, 5.41) is 2.93. The molecule has 0 spiro atoms. The van der Waals surface area contributed by atoms with Crippen molar-refractivity contribution in [1.82, 2.24) is 5.32 Å². The van der Waals surface area contributed by atoms with Crippen molar-refractivity contribution in [2.45, 2.75) is 12.5 Å². The van der Waals surface area contributed by atoms with Crippen LogP contribution in [0.25, 0.3) is 0 Å². The summed E-state index contributed by atoms with van der Waals surface area (Å²) in [7, 11) is 1.66. The van der Waals surface area contributed by atoms with Crippen molar-refractivity contribution < 1.29 is 13.2 Å². The maximum atomic E-state index is 13.8. The van der Waals surface area contributed by atoms with Crippen molar-refractivity contribution in [1.29, 1.82) is 0 Å². The van der Waals surface area contributed by atoms with Crippen LogP contribution in [0, 0.1) is 17.5 Å². The Hall–Kier alpha value is -1.33. The summed E-state index contributed by atoms with van der Waals surface area (Å²) in [6.45, 7) is 0. The van der Waals surface area contributed by atoms with E-state index >= 15 is 0 Å². The predicted octanol–water partition coefficient (Wildman–Crippen LogP) is 4.37. The second-order valence-corrected chi connectivity index (χ2v) is 5.38. The SMILES string of the molecule is CNC(Cc1cc(F)cc(Br)c1)c1cccc(F)c1F. The largest absolute Gasteiger partial charge is 0.313 e. The summed E-state index contributed by atoms with van der Waals surface area (Å²) in [6.07, 6.45) is 0.354. The normalized spacial score (nSPS) is 12.4. The fraction of sp³-hybridized carbons (Fsp3) is 0.200. The lowest BCUT2D eigenvalue weighted by molar-refractivity contribution is 0.473. The molecule has 106 valence electrons. The molecule has 1 N–H and O–H groups in total. The number of nitrogens with one attached hydrogen (secondary N) is 1. The average molecular weight is 344 g/mol. The predicted molar refractivity (Wildman–Crippen MR) is 76.0 cm³/mol. The van der Waals surface area contributed by atoms with Gasteiger partial charge in [-0.05, 0) is 43.3 Å². The van der Waals surface area contributed by atoms with Crippen LogP contribution in [0.3, 0.4) is 0 Å². The Balaban J connectivity index is 2.31. The zero-order valence-corrected chi connectivity index (χ0v) is 12.3. The lowest BCUT2D eigenvalue weighted by Crippen LogP contribution is -2.20. The molecule has 0 aliphatic heterocycles. The van der Waals surface area contributed by atoms with Crippen molar-refractivity contribution >= 4 is 15.9 Å². The molecule has 2 aromatic rings. The first-order valence-electron chi connectivity index (χ1n) is 6.07. The van der Waals surface area contributed by atoms with Crippen LogP contribution < -0.4 is 5.32 Å². The van der Waals surface area contributed by atoms with Crippen LogP contribution in [0.2, 0.25) is 0 Å². The van der Waals surface area contributed by atoms with Crippen molar-refractivity contribution in [3.8, 4) is 0 Å². The van der Waals surface area contributed by atoms with Crippen LogP contribution >= 0.6 is 15.9 Å². The summed E-state index contributed by atoms with van der Waals surface area (Å²) in [5.74, 6) is -2.13. The van der Waals surface area contributed by atoms with Gasteiger partial charge in [0.15, 0.2) is 11.6 Å². The van der Waals surface area contributed by atoms with Gasteiger partial charge in [0.05, 0.1) is 0 Å². The van der Waals surface area contributed by atoms with Crippen LogP contribution in [0.15, 0.2) is 40.9 Å². The van der Waals surface area contributed by atoms with E-state index in [4.69, 9.17) is 0 Å². The van der Waals surface area contributed by atoms with Gasteiger partial charge in [0.2, 0.25) is 0 Å². The van der Waals surface area contributed by atoms with Gasteiger partial charge in [-0.2, -0.15) is 0 Å². The highest BCUT2D eigenvalue weighted by molar-refractivity contribution is 9.10. The van der Waals surface area contributed by atoms with Crippen LogP contribution in [-0.4, -0.2) is 7.05 Å². The molecule has 0 fully saturated rings. The van der Waals surface area contributed by atoms with Gasteiger partial charge in [-0.1, -0.05) is 28.1 Å². The third-order valence-corrected chi connectivity index (χ3v) is 3.53. The molecule has 1 unspecified atom stereocenters. The molecule has 0 bridgehead atoms. The Morgan fingerprint density at radius 2 is 1.90 bits per heavy atom. The second kappa shape index (κ2) is 6.41. The first kappa shape index (κ1) is 15.1. The fourth-order valence-electron chi connectivity index (χ4n) is 2.12. The molecule has 0 saturated carbocycles. The summed E-state index contributed by atoms with van der Waals surface area (Å²) in [6, 6.07) is 8.11. The van der Waals surface area contributed by atoms with Gasteiger partial charge in [-0.3, -0.25) is 0 Å². The molecular formula is C15H13BrF3N. The minimum atomic E-state index is -0.886. The summed E-state index contributed by atoms with van der Waals surface area (Å²) in [5.41, 5.74) is 0.924. The molecule has 5 heteroatoms. The Bertz CT molecular complexity index is 596. The number of halogens is 4. The van der Waals surface area contributed by atoms with E-state index in [0.29, 0.717) is 16.5 Å². The topological polar surface area (TPSA) is 12.0 Å². The standard InChI is InChI=1S/C15H13BrF3N/c1-20-14(12-3-2-4-13(18)15(12)19)7-9-5-10(16)8-11(17)6-9/h2-6,8,14,20H,7H2,1H3. The van der Waals surface area contributed by atoms with Crippen molar-refractivity contribution in [3.05, 3.63) is 69.4 Å². The highest BCUT2D eigenvalue weighted by atomic mass is 79.9. The van der Waals surface area contributed by atoms with E-state index in [-0.39, 0.29) is 11.4 Å². The second-order valence-electron chi connectivity index (χ2n) is 4.47. The van der Waals surface area contributed by atoms with Gasteiger partial charge in [-0.15, -0.1) is 0 Å². The lowest BCUT2D eigenvalue weighted by Gasteiger charge is -2.18. The van der Waals surface area contributed by atoms with Crippen LogP contribution in [-0.2, 0) is 6.42 Å². The van der Waals surface area contributed by atoms with Crippen LogP contribution in [0.1, 0.15) is 17.2 Å². The van der Waals surface area contributed by atoms with Gasteiger partial charge in [0.25, 0.3) is 0 Å². The molecular weight excluding hydrogens is 331 g/mol. The number of likely N-dealkylation sites (N-methyl/N-ethyl adjacent to an activating group) is 1. The van der Waals surface area contributed by atoms with Gasteiger partial charge in [-0.25, -0.2) is 13.2 Å². The van der Waals surface area contributed by atoms with Crippen LogP contribution in [0.4, 0.5) is 13.2 Å². The van der Waals surface area contributed by atoms with Gasteiger partial charge in [0.1, 0.15) is 5.82 Å². The minimum absolute atomic E-state index is 0.230. The molecule has 0 aromatic heterocycles. The van der Waals surface area contributed by atoms with E-state index in [1.165, 1.54) is 24.3 Å². The Kier molecular flexibility index (Phi) is 4.83. The number of hydrogen-bond donors (Lipinski definition) is 1. The zero-order chi connectivity index (χ0) is 14.7. The van der Waals surface area contributed by atoms with E-state index in [1.807, 2.05) is 0 Å². The molecule has 0 amide bonds. The molecule has 0 aliphatic carbocycles. The summed E-state index contributed by atoms with van der Waals surface area (Å²) < 4.78 is 41.0. The van der Waals surface area contributed by atoms with E-state index in [0.717, 1.165) is 6.07 Å². The Morgan fingerprint density at radius 1 is 1.15 bits per heavy atom. The quantitative estimate of drug-likeness (QED) is 0.869. The third kappa shape index (κ3) is 3.41. The van der Waals surface area contributed by atoms with E-state index in [1.54, 1.807) is 13.1 Å². The fourth-order valence-corrected chi connectivity index (χ4v) is 2.63. The number of hydrogen-bond acceptors (Lipinski definition) is 1. The molecule has 2 aromatic carbocycles. The van der Waals surface area contributed by atoms with E-state index in [2.05, 4.69) is 21.2 Å². The smallest absolute Gasteiger partial charge is 0.163 e. The molecule has 0 aliphatic rings. The first-order valence-corrected chi connectivity index (χ1v) is 6.86. The van der Waals surface area contributed by atoms with Gasteiger partial charge >= 0.3 is 0 Å². The molecule has 1 nitrogen and oxygen atoms in total. The molecule has 2 rings (SSSR count). The monoisotopic (exact) mass is 343 g/mol. The Morgan fingerprint density at radius 3 is 2.55 bits per heavy atom. The first-order chi connectivity index (χ1) is 9.51. The average Bonchev–Trinajstić information content (AvgIpc) is 2.38. The van der Waals surface area contributed by atoms with E-state index in [9.17, 15) is 13.2 Å². The summed E-state index contributed by atoms with van der Waals surface area (Å²) >= 11 is 3.21. The Labute approximate surface area is 123 Å². The highest BCUT2D eigenvalue weighted by Crippen LogP contribution is 2.24. The minimum Gasteiger partial charge on any atom is -0.313 e. The molecule has 1 atom stereocenters. The zero-order valence-electron chi connectivity index (χ0n) is 10.8. The van der Waals surface area contributed by atoms with Crippen LogP contribution in [0.5, 0.6) is 0 Å². The van der Waals surface area contributed by atoms with Crippen molar-refractivity contribution in [2.24, 2.45) is 0 Å². The molecule has 20 heavy (non-hydrogen) atoms. The maximum absolute atomic E-state index is 13.8. The van der Waals surface area contributed by atoms with Gasteiger partial charge in [0, 0.05) is 16.1 Å². The third-order valence-electron chi connectivity index (χ3n) is 3.07. The molecule has 0 saturated heterocycles. The molecule has 0 radical (unpaired) electrons. The number of rotatable bonds is 4. The van der Waals surface area contributed by atoms with Crippen molar-refractivity contribution in [3.63, 3.8) is 0 Å². The lowest BCUT2D eigenvalue weighted by atomic mass is 9.98. The van der Waals surface area contributed by atoms with Crippen molar-refractivity contribution in [2.75, 3.05) is 7.05 Å². The highest BCUT2D eigenvalue weighted by Gasteiger charge is 2.17. The summed E-state index contributed by atoms with van der Waals surface area (Å²) in [4.78, 5) is 0. The van der Waals surface area contributed by atoms with Gasteiger partial charge < -0.3 is 5.32 Å². The van der Waals surface area contributed by atoms with E-state index < -0.39 is 17.7 Å². The molecule has 0 heterocycles.